The van der Waals surface area contributed by atoms with Crippen molar-refractivity contribution in [3.05, 3.63) is 64.5 Å². The fraction of sp³-hybridized carbons (Fsp3) is 0.250. The summed E-state index contributed by atoms with van der Waals surface area (Å²) in [5, 5.41) is 14.6. The number of ketones is 1. The molecule has 0 radical (unpaired) electrons. The molecule has 2 aliphatic heterocycles. The molecule has 164 valence electrons. The first-order valence-electron chi connectivity index (χ1n) is 10.5. The summed E-state index contributed by atoms with van der Waals surface area (Å²) >= 11 is 0. The van der Waals surface area contributed by atoms with Crippen LogP contribution >= 0.6 is 0 Å². The van der Waals surface area contributed by atoms with E-state index in [9.17, 15) is 14.7 Å². The third-order valence-electron chi connectivity index (χ3n) is 5.93. The number of phenols is 1. The van der Waals surface area contributed by atoms with Gasteiger partial charge in [-0.2, -0.15) is 0 Å². The number of Topliss-reactive ketones (excluding diaryl/α,β-unsaturated/α-hetero) is 1. The van der Waals surface area contributed by atoms with Gasteiger partial charge in [-0.15, -0.1) is 0 Å². The second kappa shape index (κ2) is 8.14. The Hall–Kier alpha value is -3.62. The molecule has 8 nitrogen and oxygen atoms in total. The molecule has 0 atom stereocenters. The quantitative estimate of drug-likeness (QED) is 0.429. The second-order valence-corrected chi connectivity index (χ2v) is 7.90. The van der Waals surface area contributed by atoms with Gasteiger partial charge in [0.05, 0.1) is 23.8 Å². The summed E-state index contributed by atoms with van der Waals surface area (Å²) in [4.78, 5) is 30.1. The predicted molar refractivity (Wildman–Crippen MR) is 119 cm³/mol. The maximum Gasteiger partial charge on any atom is 0.337 e. The lowest BCUT2D eigenvalue weighted by molar-refractivity contribution is 0.0600. The molecule has 0 spiro atoms. The van der Waals surface area contributed by atoms with E-state index in [1.54, 1.807) is 42.6 Å². The molecule has 3 aromatic rings. The monoisotopic (exact) mass is 433 g/mol. The molecule has 2 aromatic carbocycles. The highest BCUT2D eigenvalue weighted by Crippen LogP contribution is 2.40. The van der Waals surface area contributed by atoms with Crippen LogP contribution in [0.1, 0.15) is 31.8 Å². The molecular formula is C24H23N3O5. The maximum absolute atomic E-state index is 13.0. The highest BCUT2D eigenvalue weighted by Gasteiger charge is 2.32. The van der Waals surface area contributed by atoms with Crippen molar-refractivity contribution in [1.82, 2.24) is 15.2 Å². The van der Waals surface area contributed by atoms with Crippen LogP contribution in [0, 0.1) is 0 Å². The molecule has 5 rings (SSSR count). The first-order chi connectivity index (χ1) is 15.5. The van der Waals surface area contributed by atoms with Crippen molar-refractivity contribution >= 4 is 28.7 Å². The molecule has 0 unspecified atom stereocenters. The molecule has 0 aliphatic carbocycles. The van der Waals surface area contributed by atoms with Gasteiger partial charge in [0.2, 0.25) is 5.78 Å². The van der Waals surface area contributed by atoms with Crippen LogP contribution < -0.4 is 10.1 Å². The van der Waals surface area contributed by atoms with Crippen LogP contribution in [0.15, 0.2) is 42.3 Å². The number of rotatable bonds is 4. The van der Waals surface area contributed by atoms with Gasteiger partial charge in [0, 0.05) is 55.4 Å². The number of esters is 1. The number of allylic oxidation sites excluding steroid dienone is 1. The van der Waals surface area contributed by atoms with E-state index in [4.69, 9.17) is 9.47 Å². The lowest BCUT2D eigenvalue weighted by Gasteiger charge is -2.27. The first-order valence-corrected chi connectivity index (χ1v) is 10.5. The van der Waals surface area contributed by atoms with E-state index in [0.717, 1.165) is 42.6 Å². The number of carbonyl (C=O) groups excluding carboxylic acids is 2. The Morgan fingerprint density at radius 2 is 2.06 bits per heavy atom. The van der Waals surface area contributed by atoms with Gasteiger partial charge in [-0.3, -0.25) is 9.69 Å². The summed E-state index contributed by atoms with van der Waals surface area (Å²) in [5.74, 6) is 0.113. The van der Waals surface area contributed by atoms with E-state index in [1.165, 1.54) is 7.11 Å². The lowest BCUT2D eigenvalue weighted by Crippen LogP contribution is -2.42. The molecule has 8 heteroatoms. The number of benzene rings is 2. The van der Waals surface area contributed by atoms with Crippen LogP contribution in [0.2, 0.25) is 0 Å². The van der Waals surface area contributed by atoms with E-state index in [1.807, 2.05) is 0 Å². The normalized spacial score (nSPS) is 17.5. The van der Waals surface area contributed by atoms with E-state index >= 15 is 0 Å². The third kappa shape index (κ3) is 3.53. The number of piperazine rings is 1. The van der Waals surface area contributed by atoms with E-state index < -0.39 is 5.97 Å². The number of H-pyrrole nitrogens is 1. The molecule has 3 heterocycles. The smallest absolute Gasteiger partial charge is 0.337 e. The average Bonchev–Trinajstić information content (AvgIpc) is 3.36. The number of aromatic amines is 1. The average molecular weight is 433 g/mol. The van der Waals surface area contributed by atoms with Crippen LogP contribution in [0.25, 0.3) is 17.0 Å². The standard InChI is InChI=1S/C24H23N3O5/c1-31-24(30)14-2-3-16-15(12-26-19(16)10-14)11-21-22(29)17-4-5-20(28)18(23(17)32-21)13-27-8-6-25-7-9-27/h2-5,10-12,25-26,28H,6-9,13H2,1H3. The van der Waals surface area contributed by atoms with Crippen molar-refractivity contribution in [2.24, 2.45) is 0 Å². The van der Waals surface area contributed by atoms with Crippen molar-refractivity contribution in [1.29, 1.82) is 0 Å². The highest BCUT2D eigenvalue weighted by molar-refractivity contribution is 6.15. The van der Waals surface area contributed by atoms with Crippen molar-refractivity contribution in [2.45, 2.75) is 6.54 Å². The Kier molecular flexibility index (Phi) is 5.16. The minimum atomic E-state index is -0.414. The van der Waals surface area contributed by atoms with Gasteiger partial charge in [0.1, 0.15) is 11.5 Å². The van der Waals surface area contributed by atoms with E-state index in [-0.39, 0.29) is 17.3 Å². The number of ether oxygens (including phenoxy) is 2. The van der Waals surface area contributed by atoms with E-state index in [2.05, 4.69) is 15.2 Å². The largest absolute Gasteiger partial charge is 0.507 e. The van der Waals surface area contributed by atoms with Crippen LogP contribution in [-0.2, 0) is 11.3 Å². The number of aromatic hydroxyl groups is 1. The van der Waals surface area contributed by atoms with Crippen molar-refractivity contribution < 1.29 is 24.2 Å². The number of methoxy groups -OCH3 is 1. The van der Waals surface area contributed by atoms with Gasteiger partial charge < -0.3 is 24.9 Å². The number of nitrogens with zero attached hydrogens (tertiary/aromatic N) is 1. The Balaban J connectivity index is 1.47. The predicted octanol–water partition coefficient (Wildman–Crippen LogP) is 2.68. The van der Waals surface area contributed by atoms with Crippen LogP contribution in [0.3, 0.4) is 0 Å². The summed E-state index contributed by atoms with van der Waals surface area (Å²) in [6.45, 7) is 4.02. The number of nitrogens with one attached hydrogen (secondary N) is 2. The highest BCUT2D eigenvalue weighted by atomic mass is 16.5. The van der Waals surface area contributed by atoms with Gasteiger partial charge in [-0.1, -0.05) is 6.07 Å². The van der Waals surface area contributed by atoms with Crippen molar-refractivity contribution in [3.8, 4) is 11.5 Å². The topological polar surface area (TPSA) is 104 Å². The van der Waals surface area contributed by atoms with Gasteiger partial charge >= 0.3 is 5.97 Å². The second-order valence-electron chi connectivity index (χ2n) is 7.90. The Morgan fingerprint density at radius 3 is 2.84 bits per heavy atom. The van der Waals surface area contributed by atoms with Crippen LogP contribution in [-0.4, -0.2) is 60.0 Å². The zero-order valence-corrected chi connectivity index (χ0v) is 17.6. The number of fused-ring (bicyclic) bond motifs is 2. The zero-order chi connectivity index (χ0) is 22.2. The molecule has 2 aliphatic rings. The Morgan fingerprint density at radius 1 is 1.25 bits per heavy atom. The maximum atomic E-state index is 13.0. The molecule has 3 N–H and O–H groups in total. The molecule has 1 saturated heterocycles. The molecule has 0 saturated carbocycles. The van der Waals surface area contributed by atoms with Gasteiger partial charge in [0.25, 0.3) is 0 Å². The minimum Gasteiger partial charge on any atom is -0.507 e. The van der Waals surface area contributed by atoms with Crippen LogP contribution in [0.5, 0.6) is 11.5 Å². The number of carbonyl (C=O) groups is 2. The summed E-state index contributed by atoms with van der Waals surface area (Å²) < 4.78 is 10.8. The zero-order valence-electron chi connectivity index (χ0n) is 17.6. The van der Waals surface area contributed by atoms with Crippen molar-refractivity contribution in [2.75, 3.05) is 33.3 Å². The minimum absolute atomic E-state index is 0.124. The summed E-state index contributed by atoms with van der Waals surface area (Å²) in [6, 6.07) is 8.35. The molecule has 0 amide bonds. The number of hydrogen-bond acceptors (Lipinski definition) is 7. The number of aromatic nitrogens is 1. The van der Waals surface area contributed by atoms with Crippen LogP contribution in [0.4, 0.5) is 0 Å². The molecular weight excluding hydrogens is 410 g/mol. The third-order valence-corrected chi connectivity index (χ3v) is 5.93. The molecule has 1 aromatic heterocycles. The molecule has 32 heavy (non-hydrogen) atoms. The Labute approximate surface area is 184 Å². The summed E-state index contributed by atoms with van der Waals surface area (Å²) in [6.07, 6.45) is 3.45. The van der Waals surface area contributed by atoms with Gasteiger partial charge in [-0.25, -0.2) is 4.79 Å². The molecule has 1 fully saturated rings. The summed E-state index contributed by atoms with van der Waals surface area (Å²) in [5.41, 5.74) is 3.03. The number of phenolic OH excluding ortho intramolecular Hbond substituents is 1. The fourth-order valence-corrected chi connectivity index (χ4v) is 4.20. The Bertz CT molecular complexity index is 1250. The lowest BCUT2D eigenvalue weighted by atomic mass is 10.0. The first kappa shape index (κ1) is 20.3. The fourth-order valence-electron chi connectivity index (χ4n) is 4.20. The van der Waals surface area contributed by atoms with Crippen molar-refractivity contribution in [3.63, 3.8) is 0 Å². The van der Waals surface area contributed by atoms with E-state index in [0.29, 0.717) is 29.0 Å². The number of hydrogen-bond donors (Lipinski definition) is 3. The summed E-state index contributed by atoms with van der Waals surface area (Å²) in [7, 11) is 1.34. The van der Waals surface area contributed by atoms with Gasteiger partial charge in [0.15, 0.2) is 5.76 Å². The molecule has 0 bridgehead atoms. The van der Waals surface area contributed by atoms with Gasteiger partial charge in [-0.05, 0) is 30.3 Å². The SMILES string of the molecule is COC(=O)c1ccc2c(C=C3Oc4c(ccc(O)c4CN4CCNCC4)C3=O)c[nH]c2c1.